The molecule has 0 saturated carbocycles. The summed E-state index contributed by atoms with van der Waals surface area (Å²) in [6.45, 7) is 4.91. The lowest BCUT2D eigenvalue weighted by Gasteiger charge is -2.22. The van der Waals surface area contributed by atoms with Crippen LogP contribution in [0, 0.1) is 17.2 Å². The SMILES string of the molecule is CC(C)CN(CCC#N)C(=O)c1ccc(=O)[nH]n1. The standard InChI is InChI=1S/C12H16N4O2/c1-9(2)8-16(7-3-6-13)12(18)10-4-5-11(17)15-14-10/h4-5,9H,3,7-8H2,1-2H3,(H,15,17). The molecule has 1 aromatic rings. The Morgan fingerprint density at radius 1 is 1.56 bits per heavy atom. The fraction of sp³-hybridized carbons (Fsp3) is 0.500. The van der Waals surface area contributed by atoms with Crippen LogP contribution in [0.1, 0.15) is 30.8 Å². The molecule has 0 radical (unpaired) electrons. The average Bonchev–Trinajstić information content (AvgIpc) is 2.34. The lowest BCUT2D eigenvalue weighted by Crippen LogP contribution is -2.36. The van der Waals surface area contributed by atoms with Crippen molar-refractivity contribution in [2.75, 3.05) is 13.1 Å². The third-order valence-corrected chi connectivity index (χ3v) is 2.26. The normalized spacial score (nSPS) is 10.1. The van der Waals surface area contributed by atoms with E-state index < -0.39 is 0 Å². The predicted octanol–water partition coefficient (Wildman–Crippen LogP) is 0.782. The lowest BCUT2D eigenvalue weighted by molar-refractivity contribution is 0.0732. The summed E-state index contributed by atoms with van der Waals surface area (Å²) in [6, 6.07) is 4.67. The zero-order chi connectivity index (χ0) is 13.5. The second-order valence-electron chi connectivity index (χ2n) is 4.36. The van der Waals surface area contributed by atoms with Crippen molar-refractivity contribution in [1.82, 2.24) is 15.1 Å². The van der Waals surface area contributed by atoms with Gasteiger partial charge < -0.3 is 4.90 Å². The minimum Gasteiger partial charge on any atom is -0.336 e. The van der Waals surface area contributed by atoms with E-state index >= 15 is 0 Å². The molecule has 0 unspecified atom stereocenters. The van der Waals surface area contributed by atoms with Crippen LogP contribution < -0.4 is 5.56 Å². The van der Waals surface area contributed by atoms with E-state index in [0.29, 0.717) is 19.0 Å². The number of nitriles is 1. The van der Waals surface area contributed by atoms with Gasteiger partial charge in [0, 0.05) is 19.2 Å². The molecule has 0 bridgehead atoms. The number of hydrogen-bond donors (Lipinski definition) is 1. The Morgan fingerprint density at radius 2 is 2.28 bits per heavy atom. The van der Waals surface area contributed by atoms with Gasteiger partial charge in [0.05, 0.1) is 12.5 Å². The van der Waals surface area contributed by atoms with Crippen LogP contribution in [0.5, 0.6) is 0 Å². The second-order valence-corrected chi connectivity index (χ2v) is 4.36. The van der Waals surface area contributed by atoms with Gasteiger partial charge in [-0.3, -0.25) is 9.59 Å². The molecule has 96 valence electrons. The predicted molar refractivity (Wildman–Crippen MR) is 65.8 cm³/mol. The third kappa shape index (κ3) is 4.01. The van der Waals surface area contributed by atoms with Crippen LogP contribution >= 0.6 is 0 Å². The van der Waals surface area contributed by atoms with Gasteiger partial charge >= 0.3 is 0 Å². The molecule has 0 saturated heterocycles. The van der Waals surface area contributed by atoms with Crippen molar-refractivity contribution in [2.24, 2.45) is 5.92 Å². The lowest BCUT2D eigenvalue weighted by atomic mass is 10.2. The van der Waals surface area contributed by atoms with Gasteiger partial charge in [0.2, 0.25) is 0 Å². The molecule has 1 N–H and O–H groups in total. The van der Waals surface area contributed by atoms with E-state index in [2.05, 4.69) is 10.2 Å². The summed E-state index contributed by atoms with van der Waals surface area (Å²) in [4.78, 5) is 24.6. The largest absolute Gasteiger partial charge is 0.336 e. The molecule has 0 aromatic carbocycles. The first kappa shape index (κ1) is 13.9. The van der Waals surface area contributed by atoms with Gasteiger partial charge in [0.15, 0.2) is 0 Å². The maximum atomic E-state index is 12.1. The van der Waals surface area contributed by atoms with Crippen LogP contribution in [0.3, 0.4) is 0 Å². The molecule has 0 aliphatic rings. The summed E-state index contributed by atoms with van der Waals surface area (Å²) in [7, 11) is 0. The van der Waals surface area contributed by atoms with Gasteiger partial charge in [-0.25, -0.2) is 5.10 Å². The highest BCUT2D eigenvalue weighted by Crippen LogP contribution is 2.05. The Morgan fingerprint density at radius 3 is 2.78 bits per heavy atom. The fourth-order valence-corrected chi connectivity index (χ4v) is 1.53. The topological polar surface area (TPSA) is 89.9 Å². The summed E-state index contributed by atoms with van der Waals surface area (Å²) >= 11 is 0. The smallest absolute Gasteiger partial charge is 0.274 e. The summed E-state index contributed by atoms with van der Waals surface area (Å²) in [5, 5.41) is 14.5. The molecular formula is C12H16N4O2. The van der Waals surface area contributed by atoms with E-state index in [1.54, 1.807) is 4.90 Å². The van der Waals surface area contributed by atoms with Crippen LogP contribution in [0.2, 0.25) is 0 Å². The summed E-state index contributed by atoms with van der Waals surface area (Å²) < 4.78 is 0. The number of H-pyrrole nitrogens is 1. The molecular weight excluding hydrogens is 232 g/mol. The molecule has 1 rings (SSSR count). The number of hydrogen-bond acceptors (Lipinski definition) is 4. The van der Waals surface area contributed by atoms with Crippen molar-refractivity contribution in [3.05, 3.63) is 28.2 Å². The highest BCUT2D eigenvalue weighted by molar-refractivity contribution is 5.92. The number of rotatable bonds is 5. The second kappa shape index (κ2) is 6.55. The Bertz CT molecular complexity index is 481. The van der Waals surface area contributed by atoms with Gasteiger partial charge in [-0.2, -0.15) is 10.4 Å². The number of carbonyl (C=O) groups is 1. The van der Waals surface area contributed by atoms with E-state index in [0.717, 1.165) is 0 Å². The quantitative estimate of drug-likeness (QED) is 0.833. The highest BCUT2D eigenvalue weighted by atomic mass is 16.2. The van der Waals surface area contributed by atoms with Gasteiger partial charge in [0.25, 0.3) is 11.5 Å². The summed E-state index contributed by atoms with van der Waals surface area (Å²) in [5.74, 6) is 0.0330. The maximum Gasteiger partial charge on any atom is 0.274 e. The number of carbonyl (C=O) groups excluding carboxylic acids is 1. The number of nitrogens with one attached hydrogen (secondary N) is 1. The Kier molecular flexibility index (Phi) is 5.06. The average molecular weight is 248 g/mol. The summed E-state index contributed by atoms with van der Waals surface area (Å²) in [6.07, 6.45) is 0.280. The molecule has 0 aliphatic carbocycles. The van der Waals surface area contributed by atoms with Crippen molar-refractivity contribution in [3.63, 3.8) is 0 Å². The van der Waals surface area contributed by atoms with E-state index in [4.69, 9.17) is 5.26 Å². The Labute approximate surface area is 105 Å². The molecule has 6 heteroatoms. The fourth-order valence-electron chi connectivity index (χ4n) is 1.53. The van der Waals surface area contributed by atoms with Gasteiger partial charge in [-0.15, -0.1) is 0 Å². The van der Waals surface area contributed by atoms with Gasteiger partial charge in [-0.1, -0.05) is 13.8 Å². The molecule has 1 aromatic heterocycles. The summed E-state index contributed by atoms with van der Waals surface area (Å²) in [5.41, 5.74) is -0.160. The van der Waals surface area contributed by atoms with Crippen molar-refractivity contribution < 1.29 is 4.79 Å². The third-order valence-electron chi connectivity index (χ3n) is 2.26. The van der Waals surface area contributed by atoms with Crippen molar-refractivity contribution in [3.8, 4) is 6.07 Å². The minimum atomic E-state index is -0.348. The first-order valence-electron chi connectivity index (χ1n) is 5.76. The monoisotopic (exact) mass is 248 g/mol. The van der Waals surface area contributed by atoms with E-state index in [1.165, 1.54) is 12.1 Å². The van der Waals surface area contributed by atoms with Crippen LogP contribution in [-0.2, 0) is 0 Å². The van der Waals surface area contributed by atoms with Gasteiger partial charge in [0.1, 0.15) is 5.69 Å². The number of amides is 1. The zero-order valence-corrected chi connectivity index (χ0v) is 10.5. The Balaban J connectivity index is 2.84. The van der Waals surface area contributed by atoms with E-state index in [-0.39, 0.29) is 23.6 Å². The van der Waals surface area contributed by atoms with Crippen molar-refractivity contribution in [1.29, 1.82) is 5.26 Å². The minimum absolute atomic E-state index is 0.188. The van der Waals surface area contributed by atoms with Crippen LogP contribution in [0.4, 0.5) is 0 Å². The maximum absolute atomic E-state index is 12.1. The molecule has 6 nitrogen and oxygen atoms in total. The van der Waals surface area contributed by atoms with E-state index in [9.17, 15) is 9.59 Å². The van der Waals surface area contributed by atoms with Crippen molar-refractivity contribution >= 4 is 5.91 Å². The van der Waals surface area contributed by atoms with Crippen LogP contribution in [0.25, 0.3) is 0 Å². The number of nitrogens with zero attached hydrogens (tertiary/aromatic N) is 3. The zero-order valence-electron chi connectivity index (χ0n) is 10.5. The van der Waals surface area contributed by atoms with Gasteiger partial charge in [-0.05, 0) is 12.0 Å². The molecule has 18 heavy (non-hydrogen) atoms. The Hall–Kier alpha value is -2.16. The molecule has 0 fully saturated rings. The van der Waals surface area contributed by atoms with Crippen molar-refractivity contribution in [2.45, 2.75) is 20.3 Å². The first-order chi connectivity index (χ1) is 8.54. The molecule has 0 aliphatic heterocycles. The molecule has 0 spiro atoms. The number of aromatic amines is 1. The first-order valence-corrected chi connectivity index (χ1v) is 5.76. The van der Waals surface area contributed by atoms with Crippen LogP contribution in [0.15, 0.2) is 16.9 Å². The van der Waals surface area contributed by atoms with Crippen LogP contribution in [-0.4, -0.2) is 34.1 Å². The van der Waals surface area contributed by atoms with E-state index in [1.807, 2.05) is 19.9 Å². The molecule has 1 heterocycles. The highest BCUT2D eigenvalue weighted by Gasteiger charge is 2.17. The molecule has 0 atom stereocenters. The number of aromatic nitrogens is 2. The molecule has 1 amide bonds.